The molecule has 0 aliphatic carbocycles. The van der Waals surface area contributed by atoms with Crippen molar-refractivity contribution in [1.82, 2.24) is 20.8 Å². The lowest BCUT2D eigenvalue weighted by molar-refractivity contribution is -0.126. The van der Waals surface area contributed by atoms with E-state index in [4.69, 9.17) is 16.1 Å². The van der Waals surface area contributed by atoms with Crippen LogP contribution in [0.3, 0.4) is 0 Å². The fourth-order valence-corrected chi connectivity index (χ4v) is 2.85. The molecule has 3 rings (SSSR count). The molecule has 2 heterocycles. The first-order valence-electron chi connectivity index (χ1n) is 7.70. The van der Waals surface area contributed by atoms with Gasteiger partial charge in [-0.1, -0.05) is 28.9 Å². The van der Waals surface area contributed by atoms with Crippen LogP contribution in [-0.4, -0.2) is 29.1 Å². The van der Waals surface area contributed by atoms with Crippen LogP contribution in [0, 0.1) is 12.8 Å². The van der Waals surface area contributed by atoms with Crippen molar-refractivity contribution < 1.29 is 9.32 Å². The number of carbonyl (C=O) groups excluding carboxylic acids is 1. The highest BCUT2D eigenvalue weighted by Gasteiger charge is 2.27. The Kier molecular flexibility index (Phi) is 6.60. The maximum Gasteiger partial charge on any atom is 0.224 e. The van der Waals surface area contributed by atoms with E-state index < -0.39 is 6.04 Å². The Morgan fingerprint density at radius 1 is 1.33 bits per heavy atom. The van der Waals surface area contributed by atoms with Gasteiger partial charge in [-0.25, -0.2) is 0 Å². The van der Waals surface area contributed by atoms with E-state index in [1.54, 1.807) is 19.1 Å². The van der Waals surface area contributed by atoms with E-state index >= 15 is 0 Å². The van der Waals surface area contributed by atoms with E-state index in [2.05, 4.69) is 20.8 Å². The van der Waals surface area contributed by atoms with Crippen molar-refractivity contribution in [3.63, 3.8) is 0 Å². The number of nitrogens with one attached hydrogen (secondary N) is 2. The molecule has 1 aromatic carbocycles. The zero-order valence-electron chi connectivity index (χ0n) is 13.3. The van der Waals surface area contributed by atoms with Crippen molar-refractivity contribution in [2.45, 2.75) is 25.8 Å². The van der Waals surface area contributed by atoms with Gasteiger partial charge in [0, 0.05) is 17.9 Å². The summed E-state index contributed by atoms with van der Waals surface area (Å²) in [5.41, 5.74) is 0.873. The van der Waals surface area contributed by atoms with Gasteiger partial charge in [0.05, 0.1) is 0 Å². The highest BCUT2D eigenvalue weighted by atomic mass is 35.5. The van der Waals surface area contributed by atoms with E-state index in [1.807, 2.05) is 12.1 Å². The first-order valence-corrected chi connectivity index (χ1v) is 8.08. The second kappa shape index (κ2) is 8.46. The van der Waals surface area contributed by atoms with E-state index in [9.17, 15) is 4.79 Å². The molecule has 1 atom stereocenters. The van der Waals surface area contributed by atoms with Crippen LogP contribution in [0.25, 0.3) is 0 Å². The molecule has 1 aromatic heterocycles. The SMILES string of the molecule is Cc1nc(C(NC(=O)C2CCNCC2)c2ccc(Cl)cc2)no1.Cl. The van der Waals surface area contributed by atoms with Crippen LogP contribution in [-0.2, 0) is 4.79 Å². The number of aromatic nitrogens is 2. The van der Waals surface area contributed by atoms with E-state index in [0.29, 0.717) is 16.7 Å². The Morgan fingerprint density at radius 3 is 2.58 bits per heavy atom. The first kappa shape index (κ1) is 18.7. The van der Waals surface area contributed by atoms with E-state index in [0.717, 1.165) is 31.5 Å². The Morgan fingerprint density at radius 2 is 2.00 bits per heavy atom. The van der Waals surface area contributed by atoms with Crippen molar-refractivity contribution in [3.8, 4) is 0 Å². The smallest absolute Gasteiger partial charge is 0.224 e. The number of amides is 1. The molecule has 1 fully saturated rings. The second-order valence-corrected chi connectivity index (χ2v) is 6.13. The van der Waals surface area contributed by atoms with E-state index in [1.165, 1.54) is 0 Å². The molecule has 1 amide bonds. The molecule has 0 spiro atoms. The van der Waals surface area contributed by atoms with E-state index in [-0.39, 0.29) is 24.2 Å². The second-order valence-electron chi connectivity index (χ2n) is 5.69. The lowest BCUT2D eigenvalue weighted by Crippen LogP contribution is -2.40. The number of aryl methyl sites for hydroxylation is 1. The van der Waals surface area contributed by atoms with Crippen LogP contribution < -0.4 is 10.6 Å². The minimum absolute atomic E-state index is 0. The molecule has 130 valence electrons. The fourth-order valence-electron chi connectivity index (χ4n) is 2.73. The van der Waals surface area contributed by atoms with Gasteiger partial charge in [-0.2, -0.15) is 4.98 Å². The Balaban J connectivity index is 0.00000208. The largest absolute Gasteiger partial charge is 0.342 e. The van der Waals surface area contributed by atoms with Gasteiger partial charge in [0.1, 0.15) is 6.04 Å². The summed E-state index contributed by atoms with van der Waals surface area (Å²) in [6, 6.07) is 6.86. The summed E-state index contributed by atoms with van der Waals surface area (Å²) in [5, 5.41) is 10.9. The zero-order chi connectivity index (χ0) is 16.2. The fraction of sp³-hybridized carbons (Fsp3) is 0.438. The van der Waals surface area contributed by atoms with Crippen LogP contribution >= 0.6 is 24.0 Å². The summed E-state index contributed by atoms with van der Waals surface area (Å²) in [6.07, 6.45) is 1.68. The molecule has 1 unspecified atom stereocenters. The average Bonchev–Trinajstić information content (AvgIpc) is 3.00. The molecule has 0 radical (unpaired) electrons. The number of hydrogen-bond acceptors (Lipinski definition) is 5. The maximum atomic E-state index is 12.6. The van der Waals surface area contributed by atoms with Crippen molar-refractivity contribution in [1.29, 1.82) is 0 Å². The number of rotatable bonds is 4. The van der Waals surface area contributed by atoms with Crippen LogP contribution in [0.4, 0.5) is 0 Å². The Labute approximate surface area is 151 Å². The summed E-state index contributed by atoms with van der Waals surface area (Å²) >= 11 is 5.95. The molecule has 2 aromatic rings. The lowest BCUT2D eigenvalue weighted by Gasteiger charge is -2.24. The summed E-state index contributed by atoms with van der Waals surface area (Å²) in [4.78, 5) is 16.8. The third-order valence-electron chi connectivity index (χ3n) is 4.00. The minimum atomic E-state index is -0.438. The number of nitrogens with zero attached hydrogens (tertiary/aromatic N) is 2. The van der Waals surface area contributed by atoms with Gasteiger partial charge in [0.15, 0.2) is 5.82 Å². The van der Waals surface area contributed by atoms with Crippen LogP contribution in [0.5, 0.6) is 0 Å². The average molecular weight is 371 g/mol. The number of piperidine rings is 1. The third kappa shape index (κ3) is 4.47. The molecule has 1 aliphatic heterocycles. The van der Waals surface area contributed by atoms with Crippen molar-refractivity contribution in [2.24, 2.45) is 5.92 Å². The molecule has 1 saturated heterocycles. The van der Waals surface area contributed by atoms with Gasteiger partial charge < -0.3 is 15.2 Å². The molecule has 0 bridgehead atoms. The monoisotopic (exact) mass is 370 g/mol. The summed E-state index contributed by atoms with van der Waals surface area (Å²) in [6.45, 7) is 3.46. The van der Waals surface area contributed by atoms with Crippen molar-refractivity contribution >= 4 is 29.9 Å². The predicted octanol–water partition coefficient (Wildman–Crippen LogP) is 2.66. The highest BCUT2D eigenvalue weighted by Crippen LogP contribution is 2.23. The quantitative estimate of drug-likeness (QED) is 0.864. The van der Waals surface area contributed by atoms with Crippen molar-refractivity contribution in [2.75, 3.05) is 13.1 Å². The molecule has 24 heavy (non-hydrogen) atoms. The third-order valence-corrected chi connectivity index (χ3v) is 4.25. The topological polar surface area (TPSA) is 80.0 Å². The van der Waals surface area contributed by atoms with Crippen LogP contribution in [0.15, 0.2) is 28.8 Å². The highest BCUT2D eigenvalue weighted by molar-refractivity contribution is 6.30. The minimum Gasteiger partial charge on any atom is -0.342 e. The first-order chi connectivity index (χ1) is 11.1. The standard InChI is InChI=1S/C16H19ClN4O2.ClH/c1-10-19-15(21-23-10)14(11-2-4-13(17)5-3-11)20-16(22)12-6-8-18-9-7-12;/h2-5,12,14,18H,6-9H2,1H3,(H,20,22);1H. The molecule has 1 aliphatic rings. The molecular formula is C16H20Cl2N4O2. The summed E-state index contributed by atoms with van der Waals surface area (Å²) in [7, 11) is 0. The Hall–Kier alpha value is -1.63. The summed E-state index contributed by atoms with van der Waals surface area (Å²) < 4.78 is 5.07. The van der Waals surface area contributed by atoms with Crippen LogP contribution in [0.2, 0.25) is 5.02 Å². The maximum absolute atomic E-state index is 12.6. The van der Waals surface area contributed by atoms with Gasteiger partial charge >= 0.3 is 0 Å². The number of hydrogen-bond donors (Lipinski definition) is 2. The van der Waals surface area contributed by atoms with Gasteiger partial charge in [-0.15, -0.1) is 12.4 Å². The molecular weight excluding hydrogens is 351 g/mol. The Bertz CT molecular complexity index is 669. The van der Waals surface area contributed by atoms with Crippen LogP contribution in [0.1, 0.15) is 36.2 Å². The molecule has 8 heteroatoms. The predicted molar refractivity (Wildman–Crippen MR) is 93.3 cm³/mol. The number of halogens is 2. The number of benzene rings is 1. The summed E-state index contributed by atoms with van der Waals surface area (Å²) in [5.74, 6) is 0.954. The lowest BCUT2D eigenvalue weighted by atomic mass is 9.96. The number of carbonyl (C=O) groups is 1. The zero-order valence-corrected chi connectivity index (χ0v) is 14.9. The van der Waals surface area contributed by atoms with Gasteiger partial charge in [0.25, 0.3) is 0 Å². The molecule has 6 nitrogen and oxygen atoms in total. The van der Waals surface area contributed by atoms with Gasteiger partial charge in [-0.3, -0.25) is 4.79 Å². The van der Waals surface area contributed by atoms with Gasteiger partial charge in [-0.05, 0) is 43.6 Å². The normalized spacial score (nSPS) is 16.2. The van der Waals surface area contributed by atoms with Gasteiger partial charge in [0.2, 0.25) is 11.8 Å². The molecule has 2 N–H and O–H groups in total. The van der Waals surface area contributed by atoms with Crippen molar-refractivity contribution in [3.05, 3.63) is 46.6 Å². The molecule has 0 saturated carbocycles.